The van der Waals surface area contributed by atoms with Crippen molar-refractivity contribution >= 4 is 17.2 Å². The predicted octanol–water partition coefficient (Wildman–Crippen LogP) is 3.19. The van der Waals surface area contributed by atoms with Gasteiger partial charge in [0.05, 0.1) is 11.4 Å². The molecule has 0 aliphatic carbocycles. The van der Waals surface area contributed by atoms with E-state index in [-0.39, 0.29) is 12.5 Å². The van der Waals surface area contributed by atoms with E-state index in [1.54, 1.807) is 6.92 Å². The molecule has 7 heteroatoms. The summed E-state index contributed by atoms with van der Waals surface area (Å²) in [5, 5.41) is 8.59. The van der Waals surface area contributed by atoms with Gasteiger partial charge in [0.25, 0.3) is 5.91 Å². The van der Waals surface area contributed by atoms with Gasteiger partial charge in [-0.05, 0) is 36.9 Å². The second kappa shape index (κ2) is 7.27. The second-order valence-electron chi connectivity index (χ2n) is 5.23. The Kier molecular flexibility index (Phi) is 4.90. The molecule has 0 unspecified atom stereocenters. The van der Waals surface area contributed by atoms with Crippen molar-refractivity contribution in [3.05, 3.63) is 53.2 Å². The first-order valence-electron chi connectivity index (χ1n) is 7.50. The van der Waals surface area contributed by atoms with Gasteiger partial charge in [-0.3, -0.25) is 4.79 Å². The van der Waals surface area contributed by atoms with Crippen LogP contribution < -0.4 is 10.1 Å². The average molecular weight is 343 g/mol. The summed E-state index contributed by atoms with van der Waals surface area (Å²) in [4.78, 5) is 17.3. The number of carbonyl (C=O) groups is 1. The van der Waals surface area contributed by atoms with Crippen molar-refractivity contribution in [1.82, 2.24) is 15.5 Å². The zero-order chi connectivity index (χ0) is 16.9. The number of amides is 1. The second-order valence-corrected chi connectivity index (χ2v) is 6.18. The number of aryl methyl sites for hydroxylation is 1. The van der Waals surface area contributed by atoms with Gasteiger partial charge in [-0.1, -0.05) is 29.4 Å². The minimum Gasteiger partial charge on any atom is -0.481 e. The molecule has 124 valence electrons. The van der Waals surface area contributed by atoms with E-state index < -0.39 is 6.10 Å². The molecule has 2 heterocycles. The first-order chi connectivity index (χ1) is 11.6. The number of nitrogens with one attached hydrogen (secondary N) is 1. The number of thiophene rings is 1. The van der Waals surface area contributed by atoms with Crippen LogP contribution in [0, 0.1) is 6.92 Å². The third-order valence-corrected chi connectivity index (χ3v) is 4.26. The molecular weight excluding hydrogens is 326 g/mol. The number of rotatable bonds is 6. The fourth-order valence-electron chi connectivity index (χ4n) is 2.07. The molecule has 0 aliphatic heterocycles. The maximum absolute atomic E-state index is 12.1. The number of ether oxygens (including phenoxy) is 1. The van der Waals surface area contributed by atoms with E-state index in [9.17, 15) is 4.79 Å². The Labute approximate surface area is 143 Å². The van der Waals surface area contributed by atoms with Crippen LogP contribution in [0.4, 0.5) is 0 Å². The van der Waals surface area contributed by atoms with Crippen LogP contribution in [0.5, 0.6) is 5.75 Å². The molecular formula is C17H17N3O3S. The molecule has 3 rings (SSSR count). The van der Waals surface area contributed by atoms with Crippen LogP contribution in [-0.2, 0) is 11.3 Å². The summed E-state index contributed by atoms with van der Waals surface area (Å²) in [6, 6.07) is 11.4. The highest BCUT2D eigenvalue weighted by Gasteiger charge is 2.17. The molecule has 1 atom stereocenters. The lowest BCUT2D eigenvalue weighted by Gasteiger charge is -2.15. The summed E-state index contributed by atoms with van der Waals surface area (Å²) in [5.41, 5.74) is 0.981. The minimum atomic E-state index is -0.620. The van der Waals surface area contributed by atoms with Gasteiger partial charge >= 0.3 is 0 Å². The topological polar surface area (TPSA) is 77.2 Å². The first kappa shape index (κ1) is 16.2. The first-order valence-corrected chi connectivity index (χ1v) is 8.38. The maximum atomic E-state index is 12.1. The van der Waals surface area contributed by atoms with Crippen LogP contribution in [0.3, 0.4) is 0 Å². The zero-order valence-corrected chi connectivity index (χ0v) is 14.2. The van der Waals surface area contributed by atoms with Crippen molar-refractivity contribution in [1.29, 1.82) is 0 Å². The lowest BCUT2D eigenvalue weighted by atomic mass is 10.2. The highest BCUT2D eigenvalue weighted by molar-refractivity contribution is 7.13. The van der Waals surface area contributed by atoms with E-state index in [1.807, 2.05) is 48.7 Å². The molecule has 1 amide bonds. The molecule has 3 aromatic rings. The van der Waals surface area contributed by atoms with E-state index in [4.69, 9.17) is 9.26 Å². The van der Waals surface area contributed by atoms with Gasteiger partial charge in [-0.25, -0.2) is 0 Å². The van der Waals surface area contributed by atoms with E-state index in [0.717, 1.165) is 10.4 Å². The molecule has 0 saturated heterocycles. The van der Waals surface area contributed by atoms with Crippen molar-refractivity contribution in [2.45, 2.75) is 26.5 Å². The van der Waals surface area contributed by atoms with E-state index >= 15 is 0 Å². The van der Waals surface area contributed by atoms with Gasteiger partial charge in [0.2, 0.25) is 11.7 Å². The Morgan fingerprint density at radius 2 is 2.17 bits per heavy atom. The average Bonchev–Trinajstić information content (AvgIpc) is 3.25. The lowest BCUT2D eigenvalue weighted by molar-refractivity contribution is -0.127. The molecule has 6 nitrogen and oxygen atoms in total. The summed E-state index contributed by atoms with van der Waals surface area (Å²) < 4.78 is 10.8. The Morgan fingerprint density at radius 3 is 2.92 bits per heavy atom. The summed E-state index contributed by atoms with van der Waals surface area (Å²) in [7, 11) is 0. The van der Waals surface area contributed by atoms with E-state index in [1.165, 1.54) is 11.3 Å². The van der Waals surface area contributed by atoms with Crippen molar-refractivity contribution in [2.24, 2.45) is 0 Å². The third kappa shape index (κ3) is 3.80. The number of aromatic nitrogens is 2. The van der Waals surface area contributed by atoms with Crippen LogP contribution in [0.1, 0.15) is 18.4 Å². The predicted molar refractivity (Wildman–Crippen MR) is 90.7 cm³/mol. The Balaban J connectivity index is 1.54. The monoisotopic (exact) mass is 343 g/mol. The van der Waals surface area contributed by atoms with E-state index in [0.29, 0.717) is 17.5 Å². The Hall–Kier alpha value is -2.67. The fraction of sp³-hybridized carbons (Fsp3) is 0.235. The van der Waals surface area contributed by atoms with Gasteiger partial charge in [-0.2, -0.15) is 4.98 Å². The Bertz CT molecular complexity index is 814. The highest BCUT2D eigenvalue weighted by Crippen LogP contribution is 2.21. The smallest absolute Gasteiger partial charge is 0.261 e. The molecule has 1 N–H and O–H groups in total. The third-order valence-electron chi connectivity index (χ3n) is 3.39. The summed E-state index contributed by atoms with van der Waals surface area (Å²) in [6.45, 7) is 3.80. The lowest BCUT2D eigenvalue weighted by Crippen LogP contribution is -2.36. The molecule has 24 heavy (non-hydrogen) atoms. The minimum absolute atomic E-state index is 0.165. The highest BCUT2D eigenvalue weighted by atomic mass is 32.1. The molecule has 0 fully saturated rings. The number of para-hydroxylation sites is 1. The van der Waals surface area contributed by atoms with Crippen LogP contribution in [0.2, 0.25) is 0 Å². The molecule has 0 bridgehead atoms. The normalized spacial score (nSPS) is 11.9. The SMILES string of the molecule is Cc1ccccc1O[C@H](C)C(=O)NCc1nc(-c2cccs2)no1. The van der Waals surface area contributed by atoms with Gasteiger partial charge in [0.15, 0.2) is 6.10 Å². The molecule has 0 aliphatic rings. The van der Waals surface area contributed by atoms with Crippen LogP contribution in [-0.4, -0.2) is 22.2 Å². The quantitative estimate of drug-likeness (QED) is 0.744. The largest absolute Gasteiger partial charge is 0.481 e. The molecule has 0 radical (unpaired) electrons. The zero-order valence-electron chi connectivity index (χ0n) is 13.4. The number of carbonyl (C=O) groups excluding carboxylic acids is 1. The molecule has 2 aromatic heterocycles. The summed E-state index contributed by atoms with van der Waals surface area (Å²) >= 11 is 1.53. The molecule has 0 saturated carbocycles. The fourth-order valence-corrected chi connectivity index (χ4v) is 2.72. The van der Waals surface area contributed by atoms with E-state index in [2.05, 4.69) is 15.5 Å². The summed E-state index contributed by atoms with van der Waals surface area (Å²) in [6.07, 6.45) is -0.620. The number of nitrogens with zero attached hydrogens (tertiary/aromatic N) is 2. The van der Waals surface area contributed by atoms with Crippen LogP contribution in [0.15, 0.2) is 46.3 Å². The van der Waals surface area contributed by atoms with Crippen molar-refractivity contribution in [3.8, 4) is 16.5 Å². The molecule has 1 aromatic carbocycles. The number of benzene rings is 1. The van der Waals surface area contributed by atoms with Gasteiger partial charge in [0, 0.05) is 0 Å². The van der Waals surface area contributed by atoms with Crippen LogP contribution in [0.25, 0.3) is 10.7 Å². The Morgan fingerprint density at radius 1 is 1.33 bits per heavy atom. The van der Waals surface area contributed by atoms with Gasteiger partial charge < -0.3 is 14.6 Å². The summed E-state index contributed by atoms with van der Waals surface area (Å²) in [5.74, 6) is 1.33. The van der Waals surface area contributed by atoms with Gasteiger partial charge in [0.1, 0.15) is 5.75 Å². The van der Waals surface area contributed by atoms with Crippen molar-refractivity contribution in [2.75, 3.05) is 0 Å². The standard InChI is InChI=1S/C17H17N3O3S/c1-11-6-3-4-7-13(11)22-12(2)17(21)18-10-15-19-16(20-23-15)14-8-5-9-24-14/h3-9,12H,10H2,1-2H3,(H,18,21)/t12-/m1/s1. The van der Waals surface area contributed by atoms with Crippen LogP contribution >= 0.6 is 11.3 Å². The molecule has 0 spiro atoms. The number of hydrogen-bond acceptors (Lipinski definition) is 6. The van der Waals surface area contributed by atoms with Crippen molar-refractivity contribution < 1.29 is 14.1 Å². The number of hydrogen-bond donors (Lipinski definition) is 1. The van der Waals surface area contributed by atoms with Gasteiger partial charge in [-0.15, -0.1) is 11.3 Å². The van der Waals surface area contributed by atoms with Crippen molar-refractivity contribution in [3.63, 3.8) is 0 Å². The maximum Gasteiger partial charge on any atom is 0.261 e.